The number of nitrogens with zero attached hydrogens (tertiary/aromatic N) is 1. The summed E-state index contributed by atoms with van der Waals surface area (Å²) in [5.74, 6) is 0. The smallest absolute Gasteiger partial charge is 0.213 e. The Morgan fingerprint density at radius 1 is 1.25 bits per heavy atom. The molecule has 0 atom stereocenters. The zero-order valence-electron chi connectivity index (χ0n) is 10.5. The number of aromatic nitrogens is 1. The maximum Gasteiger partial charge on any atom is 0.213 e. The fourth-order valence-electron chi connectivity index (χ4n) is 2.21. The molecule has 100 valence electrons. The van der Waals surface area contributed by atoms with Gasteiger partial charge in [0.25, 0.3) is 0 Å². The lowest BCUT2D eigenvalue weighted by Crippen LogP contribution is -2.05. The minimum atomic E-state index is -0.0116. The fourth-order valence-corrected chi connectivity index (χ4v) is 3.44. The molecule has 2 aromatic heterocycles. The SMILES string of the molecule is C=PCn1ccc(=O)c2c(-c3ccccc3)c(I)oc21. The van der Waals surface area contributed by atoms with Crippen LogP contribution in [0.15, 0.2) is 51.8 Å². The summed E-state index contributed by atoms with van der Waals surface area (Å²) in [6, 6.07) is 11.4. The highest BCUT2D eigenvalue weighted by Crippen LogP contribution is 2.33. The Balaban J connectivity index is 2.39. The summed E-state index contributed by atoms with van der Waals surface area (Å²) in [6.45, 7) is 0. The van der Waals surface area contributed by atoms with E-state index < -0.39 is 0 Å². The van der Waals surface area contributed by atoms with Gasteiger partial charge in [-0.15, -0.1) is 0 Å². The number of hydrogen-bond acceptors (Lipinski definition) is 2. The average molecular weight is 395 g/mol. The molecule has 0 unspecified atom stereocenters. The van der Waals surface area contributed by atoms with Crippen LogP contribution in [0.3, 0.4) is 0 Å². The summed E-state index contributed by atoms with van der Waals surface area (Å²) in [5, 5.41) is 0.645. The van der Waals surface area contributed by atoms with Crippen LogP contribution in [0, 0.1) is 3.77 Å². The van der Waals surface area contributed by atoms with Crippen molar-refractivity contribution in [2.24, 2.45) is 0 Å². The molecule has 0 amide bonds. The molecule has 0 N–H and O–H groups in total. The van der Waals surface area contributed by atoms with Crippen LogP contribution in [0.4, 0.5) is 0 Å². The van der Waals surface area contributed by atoms with Gasteiger partial charge in [0.15, 0.2) is 9.20 Å². The summed E-state index contributed by atoms with van der Waals surface area (Å²) in [4.78, 5) is 12.2. The molecule has 3 nitrogen and oxygen atoms in total. The van der Waals surface area contributed by atoms with E-state index in [-0.39, 0.29) is 5.43 Å². The van der Waals surface area contributed by atoms with E-state index in [9.17, 15) is 4.79 Å². The second-order valence-corrected chi connectivity index (χ2v) is 6.02. The molecule has 0 spiro atoms. The quantitative estimate of drug-likeness (QED) is 0.492. The predicted octanol–water partition coefficient (Wildman–Crippen LogP) is 4.20. The highest BCUT2D eigenvalue weighted by molar-refractivity contribution is 14.1. The van der Waals surface area contributed by atoms with Crippen molar-refractivity contribution in [2.75, 3.05) is 0 Å². The summed E-state index contributed by atoms with van der Waals surface area (Å²) >= 11 is 2.14. The third-order valence-corrected chi connectivity index (χ3v) is 4.34. The van der Waals surface area contributed by atoms with Crippen LogP contribution in [0.2, 0.25) is 0 Å². The molecule has 0 bridgehead atoms. The minimum absolute atomic E-state index is 0.0116. The molecule has 0 aliphatic heterocycles. The summed E-state index contributed by atoms with van der Waals surface area (Å²) < 4.78 is 8.50. The molecular formula is C15H11INO2P. The Labute approximate surface area is 131 Å². The van der Waals surface area contributed by atoms with Crippen LogP contribution in [0.25, 0.3) is 22.2 Å². The second kappa shape index (κ2) is 5.54. The first kappa shape index (κ1) is 13.6. The number of halogens is 1. The molecule has 0 saturated heterocycles. The molecule has 0 aliphatic rings. The monoisotopic (exact) mass is 395 g/mol. The van der Waals surface area contributed by atoms with Gasteiger partial charge in [-0.3, -0.25) is 4.79 Å². The molecule has 5 heteroatoms. The van der Waals surface area contributed by atoms with Crippen molar-refractivity contribution in [3.8, 4) is 11.1 Å². The van der Waals surface area contributed by atoms with Crippen LogP contribution < -0.4 is 5.43 Å². The van der Waals surface area contributed by atoms with Crippen molar-refractivity contribution < 1.29 is 4.42 Å². The minimum Gasteiger partial charge on any atom is -0.433 e. The van der Waals surface area contributed by atoms with Crippen LogP contribution in [0.5, 0.6) is 0 Å². The van der Waals surface area contributed by atoms with E-state index in [0.29, 0.717) is 17.4 Å². The Morgan fingerprint density at radius 2 is 2.00 bits per heavy atom. The zero-order valence-corrected chi connectivity index (χ0v) is 13.6. The Bertz CT molecular complexity index is 836. The lowest BCUT2D eigenvalue weighted by atomic mass is 10.1. The van der Waals surface area contributed by atoms with Crippen molar-refractivity contribution in [1.82, 2.24) is 4.57 Å². The third kappa shape index (κ3) is 2.23. The van der Waals surface area contributed by atoms with E-state index in [0.717, 1.165) is 23.1 Å². The van der Waals surface area contributed by atoms with Gasteiger partial charge < -0.3 is 8.98 Å². The van der Waals surface area contributed by atoms with E-state index in [2.05, 4.69) is 28.9 Å². The summed E-state index contributed by atoms with van der Waals surface area (Å²) in [5.41, 5.74) is 2.48. The van der Waals surface area contributed by atoms with Gasteiger partial charge in [0.05, 0.1) is 11.7 Å². The fraction of sp³-hybridized carbons (Fsp3) is 0.0667. The van der Waals surface area contributed by atoms with Crippen LogP contribution in [0.1, 0.15) is 0 Å². The normalized spacial score (nSPS) is 11.2. The van der Waals surface area contributed by atoms with Gasteiger partial charge in [0.2, 0.25) is 5.71 Å². The molecule has 3 rings (SSSR count). The Hall–Kier alpha value is -1.39. The van der Waals surface area contributed by atoms with Gasteiger partial charge >= 0.3 is 0 Å². The molecular weight excluding hydrogens is 384 g/mol. The lowest BCUT2D eigenvalue weighted by Gasteiger charge is -2.02. The van der Waals surface area contributed by atoms with Gasteiger partial charge in [0.1, 0.15) is 0 Å². The molecule has 1 aromatic carbocycles. The maximum absolute atomic E-state index is 12.2. The Kier molecular flexibility index (Phi) is 3.76. The van der Waals surface area contributed by atoms with Crippen molar-refractivity contribution in [3.05, 3.63) is 56.6 Å². The summed E-state index contributed by atoms with van der Waals surface area (Å²) in [6.07, 6.45) is 6.29. The topological polar surface area (TPSA) is 35.1 Å². The maximum atomic E-state index is 12.2. The molecule has 0 saturated carbocycles. The molecule has 2 heterocycles. The van der Waals surface area contributed by atoms with E-state index in [4.69, 9.17) is 4.42 Å². The van der Waals surface area contributed by atoms with Gasteiger partial charge in [-0.25, -0.2) is 0 Å². The van der Waals surface area contributed by atoms with Crippen molar-refractivity contribution in [1.29, 1.82) is 0 Å². The van der Waals surface area contributed by atoms with Crippen molar-refractivity contribution >= 4 is 48.2 Å². The first-order valence-corrected chi connectivity index (χ1v) is 8.36. The lowest BCUT2D eigenvalue weighted by molar-refractivity contribution is 0.554. The number of hydrogen-bond donors (Lipinski definition) is 0. The van der Waals surface area contributed by atoms with E-state index in [1.807, 2.05) is 34.9 Å². The number of rotatable bonds is 3. The standard InChI is InChI=1S/C15H11INO2P/c1-20-9-17-8-7-11(18)13-12(14(16)19-15(13)17)10-5-3-2-4-6-10/h2-8H,1,9H2. The van der Waals surface area contributed by atoms with Gasteiger partial charge in [0, 0.05) is 40.4 Å². The highest BCUT2D eigenvalue weighted by atomic mass is 127. The van der Waals surface area contributed by atoms with Gasteiger partial charge in [-0.05, 0) is 5.56 Å². The van der Waals surface area contributed by atoms with E-state index in [1.165, 1.54) is 0 Å². The van der Waals surface area contributed by atoms with Gasteiger partial charge in [-0.1, -0.05) is 44.8 Å². The van der Waals surface area contributed by atoms with Crippen LogP contribution in [-0.2, 0) is 6.29 Å². The van der Waals surface area contributed by atoms with Crippen LogP contribution in [-0.4, -0.2) is 10.9 Å². The predicted molar refractivity (Wildman–Crippen MR) is 92.7 cm³/mol. The molecule has 3 aromatic rings. The van der Waals surface area contributed by atoms with Gasteiger partial charge in [-0.2, -0.15) is 0 Å². The number of fused-ring (bicyclic) bond motifs is 1. The van der Waals surface area contributed by atoms with Crippen molar-refractivity contribution in [2.45, 2.75) is 6.29 Å². The zero-order chi connectivity index (χ0) is 14.1. The first-order valence-electron chi connectivity index (χ1n) is 6.01. The molecule has 20 heavy (non-hydrogen) atoms. The largest absolute Gasteiger partial charge is 0.433 e. The Morgan fingerprint density at radius 3 is 2.70 bits per heavy atom. The van der Waals surface area contributed by atoms with E-state index in [1.54, 1.807) is 12.3 Å². The average Bonchev–Trinajstić information content (AvgIpc) is 2.81. The number of pyridine rings is 1. The second-order valence-electron chi connectivity index (χ2n) is 4.31. The molecule has 0 radical (unpaired) electrons. The molecule has 0 fully saturated rings. The van der Waals surface area contributed by atoms with Crippen LogP contribution >= 0.6 is 30.8 Å². The third-order valence-electron chi connectivity index (χ3n) is 3.07. The summed E-state index contributed by atoms with van der Waals surface area (Å²) in [7, 11) is 0.976. The highest BCUT2D eigenvalue weighted by Gasteiger charge is 2.18. The first-order chi connectivity index (χ1) is 9.72. The molecule has 0 aliphatic carbocycles. The number of furan rings is 1. The number of benzene rings is 1. The van der Waals surface area contributed by atoms with Crippen molar-refractivity contribution in [3.63, 3.8) is 0 Å². The van der Waals surface area contributed by atoms with E-state index >= 15 is 0 Å².